The van der Waals surface area contributed by atoms with E-state index < -0.39 is 0 Å². The van der Waals surface area contributed by atoms with Gasteiger partial charge in [-0.2, -0.15) is 10.2 Å². The van der Waals surface area contributed by atoms with Crippen molar-refractivity contribution in [2.45, 2.75) is 0 Å². The number of aromatic nitrogens is 2. The van der Waals surface area contributed by atoms with Gasteiger partial charge in [0.2, 0.25) is 0 Å². The maximum Gasteiger partial charge on any atom is 0.0496 e. The molecule has 8 heavy (non-hydrogen) atoms. The molecular formula is C4H8N4. The summed E-state index contributed by atoms with van der Waals surface area (Å²) in [6, 6.07) is 3.65. The van der Waals surface area contributed by atoms with Crippen LogP contribution in [-0.2, 0) is 0 Å². The summed E-state index contributed by atoms with van der Waals surface area (Å²) in [6.07, 6.45) is 3.28. The fourth-order valence-electron chi connectivity index (χ4n) is 0.253. The minimum absolute atomic E-state index is 1.64. The second-order valence-corrected chi connectivity index (χ2v) is 0.914. The Hall–Kier alpha value is -1.00. The van der Waals surface area contributed by atoms with Gasteiger partial charge >= 0.3 is 0 Å². The number of nitrogens with zero attached hydrogens (tertiary/aromatic N) is 2. The summed E-state index contributed by atoms with van der Waals surface area (Å²) >= 11 is 0. The van der Waals surface area contributed by atoms with Crippen LogP contribution in [0.15, 0.2) is 24.5 Å². The van der Waals surface area contributed by atoms with E-state index in [0.29, 0.717) is 0 Å². The highest BCUT2D eigenvalue weighted by molar-refractivity contribution is 4.79. The van der Waals surface area contributed by atoms with E-state index in [1.165, 1.54) is 0 Å². The molecule has 0 aliphatic carbocycles. The van der Waals surface area contributed by atoms with E-state index in [0.717, 1.165) is 0 Å². The predicted octanol–water partition coefficient (Wildman–Crippen LogP) is -0.705. The molecule has 1 aromatic heterocycles. The zero-order valence-electron chi connectivity index (χ0n) is 4.36. The van der Waals surface area contributed by atoms with Crippen LogP contribution in [0, 0.1) is 0 Å². The molecule has 0 atom stereocenters. The van der Waals surface area contributed by atoms with E-state index >= 15 is 0 Å². The maximum absolute atomic E-state index is 4.00. The van der Waals surface area contributed by atoms with Crippen LogP contribution in [0.1, 0.15) is 0 Å². The van der Waals surface area contributed by atoms with Crippen LogP contribution in [0.3, 0.4) is 0 Å². The lowest BCUT2D eigenvalue weighted by Crippen LogP contribution is -2.02. The standard InChI is InChI=1S/C4H4N2.H4N2/c1-2-4-6-5-3-1;1-2/h1-4H;1-2H2. The molecule has 4 N–H and O–H groups in total. The van der Waals surface area contributed by atoms with Gasteiger partial charge in [0.1, 0.15) is 0 Å². The highest BCUT2D eigenvalue weighted by Crippen LogP contribution is 1.68. The predicted molar refractivity (Wildman–Crippen MR) is 30.4 cm³/mol. The molecule has 1 rings (SSSR count). The van der Waals surface area contributed by atoms with Crippen LogP contribution in [0.4, 0.5) is 0 Å². The van der Waals surface area contributed by atoms with E-state index in [-0.39, 0.29) is 0 Å². The van der Waals surface area contributed by atoms with Crippen molar-refractivity contribution in [1.82, 2.24) is 10.2 Å². The van der Waals surface area contributed by atoms with Crippen molar-refractivity contribution in [2.75, 3.05) is 0 Å². The summed E-state index contributed by atoms with van der Waals surface area (Å²) in [4.78, 5) is 0. The van der Waals surface area contributed by atoms with Gasteiger partial charge in [-0.05, 0) is 12.1 Å². The van der Waals surface area contributed by atoms with E-state index in [9.17, 15) is 0 Å². The Kier molecular flexibility index (Phi) is 5.25. The van der Waals surface area contributed by atoms with Crippen LogP contribution >= 0.6 is 0 Å². The largest absolute Gasteiger partial charge is 0.274 e. The van der Waals surface area contributed by atoms with Gasteiger partial charge in [-0.25, -0.2) is 0 Å². The average Bonchev–Trinajstić information content (AvgIpc) is 1.96. The molecule has 4 heteroatoms. The molecule has 0 spiro atoms. The molecule has 1 heterocycles. The van der Waals surface area contributed by atoms with E-state index in [1.54, 1.807) is 12.4 Å². The highest BCUT2D eigenvalue weighted by atomic mass is 15.1. The lowest BCUT2D eigenvalue weighted by atomic mass is 10.6. The van der Waals surface area contributed by atoms with Crippen molar-refractivity contribution >= 4 is 0 Å². The molecule has 0 fully saturated rings. The maximum atomic E-state index is 4.00. The Labute approximate surface area is 47.5 Å². The molecule has 0 bridgehead atoms. The van der Waals surface area contributed by atoms with Crippen LogP contribution < -0.4 is 11.7 Å². The first-order valence-electron chi connectivity index (χ1n) is 2.05. The van der Waals surface area contributed by atoms with Gasteiger partial charge in [0.05, 0.1) is 0 Å². The Balaban J connectivity index is 0.000000222. The molecule has 0 aromatic carbocycles. The third-order valence-corrected chi connectivity index (χ3v) is 0.483. The van der Waals surface area contributed by atoms with Gasteiger partial charge < -0.3 is 0 Å². The van der Waals surface area contributed by atoms with Crippen molar-refractivity contribution in [1.29, 1.82) is 0 Å². The third-order valence-electron chi connectivity index (χ3n) is 0.483. The Morgan fingerprint density at radius 1 is 0.875 bits per heavy atom. The van der Waals surface area contributed by atoms with Gasteiger partial charge in [-0.15, -0.1) is 0 Å². The monoisotopic (exact) mass is 112 g/mol. The van der Waals surface area contributed by atoms with E-state index in [1.807, 2.05) is 12.1 Å². The summed E-state index contributed by atoms with van der Waals surface area (Å²) in [5.41, 5.74) is 0. The van der Waals surface area contributed by atoms with Gasteiger partial charge in [0.15, 0.2) is 0 Å². The molecule has 0 radical (unpaired) electrons. The van der Waals surface area contributed by atoms with Gasteiger partial charge in [-0.3, -0.25) is 11.7 Å². The summed E-state index contributed by atoms with van der Waals surface area (Å²) in [7, 11) is 0. The van der Waals surface area contributed by atoms with Gasteiger partial charge in [0.25, 0.3) is 0 Å². The summed E-state index contributed by atoms with van der Waals surface area (Å²) in [6.45, 7) is 0. The zero-order valence-corrected chi connectivity index (χ0v) is 4.36. The number of rotatable bonds is 0. The van der Waals surface area contributed by atoms with E-state index in [2.05, 4.69) is 21.9 Å². The van der Waals surface area contributed by atoms with Crippen molar-refractivity contribution < 1.29 is 0 Å². The second-order valence-electron chi connectivity index (χ2n) is 0.914. The number of hydrogen-bond acceptors (Lipinski definition) is 4. The molecule has 0 unspecified atom stereocenters. The fourth-order valence-corrected chi connectivity index (χ4v) is 0.253. The molecule has 0 aliphatic rings. The third kappa shape index (κ3) is 3.20. The Morgan fingerprint density at radius 3 is 1.38 bits per heavy atom. The minimum Gasteiger partial charge on any atom is -0.274 e. The van der Waals surface area contributed by atoms with E-state index in [4.69, 9.17) is 0 Å². The molecular weight excluding hydrogens is 104 g/mol. The fraction of sp³-hybridized carbons (Fsp3) is 0. The van der Waals surface area contributed by atoms with Crippen LogP contribution in [0.25, 0.3) is 0 Å². The average molecular weight is 112 g/mol. The summed E-state index contributed by atoms with van der Waals surface area (Å²) in [5, 5.41) is 7.07. The molecule has 4 nitrogen and oxygen atoms in total. The quantitative estimate of drug-likeness (QED) is 0.343. The van der Waals surface area contributed by atoms with Crippen molar-refractivity contribution in [2.24, 2.45) is 11.7 Å². The number of hydrogen-bond donors (Lipinski definition) is 2. The number of nitrogens with two attached hydrogens (primary N) is 2. The first-order valence-corrected chi connectivity index (χ1v) is 2.05. The summed E-state index contributed by atoms with van der Waals surface area (Å²) < 4.78 is 0. The summed E-state index contributed by atoms with van der Waals surface area (Å²) in [5.74, 6) is 8.00. The van der Waals surface area contributed by atoms with Gasteiger partial charge in [0, 0.05) is 12.4 Å². The molecule has 1 aromatic rings. The van der Waals surface area contributed by atoms with Crippen LogP contribution in [-0.4, -0.2) is 10.2 Å². The molecule has 0 amide bonds. The lowest BCUT2D eigenvalue weighted by molar-refractivity contribution is 1.03. The normalized spacial score (nSPS) is 6.75. The first kappa shape index (κ1) is 7.00. The van der Waals surface area contributed by atoms with Crippen molar-refractivity contribution in [3.8, 4) is 0 Å². The zero-order chi connectivity index (χ0) is 6.24. The first-order chi connectivity index (χ1) is 4.00. The number of hydrazine groups is 1. The topological polar surface area (TPSA) is 77.8 Å². The molecule has 44 valence electrons. The second kappa shape index (κ2) is 6.00. The highest BCUT2D eigenvalue weighted by Gasteiger charge is 1.59. The van der Waals surface area contributed by atoms with Gasteiger partial charge in [-0.1, -0.05) is 0 Å². The smallest absolute Gasteiger partial charge is 0.0496 e. The molecule has 0 aliphatic heterocycles. The SMILES string of the molecule is NN.c1ccnnc1. The Morgan fingerprint density at radius 2 is 1.25 bits per heavy atom. The molecule has 0 saturated carbocycles. The lowest BCUT2D eigenvalue weighted by Gasteiger charge is -1.69. The van der Waals surface area contributed by atoms with Crippen LogP contribution in [0.2, 0.25) is 0 Å². The molecule has 0 saturated heterocycles. The Bertz CT molecular complexity index is 80.0. The minimum atomic E-state index is 1.64. The van der Waals surface area contributed by atoms with Crippen molar-refractivity contribution in [3.05, 3.63) is 24.5 Å². The van der Waals surface area contributed by atoms with Crippen molar-refractivity contribution in [3.63, 3.8) is 0 Å². The van der Waals surface area contributed by atoms with Crippen LogP contribution in [0.5, 0.6) is 0 Å².